The van der Waals surface area contributed by atoms with Crippen molar-refractivity contribution in [3.63, 3.8) is 0 Å². The van der Waals surface area contributed by atoms with Gasteiger partial charge in [0.05, 0.1) is 6.54 Å². The molecule has 0 aliphatic heterocycles. The van der Waals surface area contributed by atoms with Gasteiger partial charge < -0.3 is 15.0 Å². The summed E-state index contributed by atoms with van der Waals surface area (Å²) in [6.45, 7) is 1.67. The molecule has 0 amide bonds. The molecule has 0 bridgehead atoms. The molecule has 0 atom stereocenters. The minimum atomic E-state index is -0.00982. The van der Waals surface area contributed by atoms with E-state index in [0.29, 0.717) is 19.7 Å². The van der Waals surface area contributed by atoms with Crippen molar-refractivity contribution in [1.29, 1.82) is 0 Å². The Morgan fingerprint density at radius 2 is 1.89 bits per heavy atom. The van der Waals surface area contributed by atoms with Crippen molar-refractivity contribution in [3.05, 3.63) is 64.6 Å². The van der Waals surface area contributed by atoms with Gasteiger partial charge in [-0.1, -0.05) is 18.2 Å². The van der Waals surface area contributed by atoms with E-state index >= 15 is 0 Å². The predicted molar refractivity (Wildman–Crippen MR) is 75.4 cm³/mol. The molecule has 0 aliphatic rings. The largest absolute Gasteiger partial charge is 0.492 e. The van der Waals surface area contributed by atoms with Gasteiger partial charge in [-0.2, -0.15) is 0 Å². The van der Waals surface area contributed by atoms with E-state index in [1.165, 1.54) is 5.56 Å². The molecule has 0 unspecified atom stereocenters. The topological polar surface area (TPSA) is 57.2 Å². The average molecular weight is 258 g/mol. The van der Waals surface area contributed by atoms with E-state index in [-0.39, 0.29) is 5.56 Å². The van der Waals surface area contributed by atoms with Gasteiger partial charge >= 0.3 is 0 Å². The quantitative estimate of drug-likeness (QED) is 0.852. The average Bonchev–Trinajstić information content (AvgIpc) is 2.43. The van der Waals surface area contributed by atoms with Gasteiger partial charge in [0.25, 0.3) is 5.56 Å². The van der Waals surface area contributed by atoms with E-state index < -0.39 is 0 Å². The molecule has 2 rings (SSSR count). The Kier molecular flexibility index (Phi) is 4.75. The number of rotatable bonds is 6. The first-order valence-corrected chi connectivity index (χ1v) is 6.37. The first-order valence-electron chi connectivity index (χ1n) is 6.37. The Balaban J connectivity index is 1.86. The predicted octanol–water partition coefficient (Wildman–Crippen LogP) is 1.43. The normalized spacial score (nSPS) is 10.4. The van der Waals surface area contributed by atoms with Crippen LogP contribution in [0.15, 0.2) is 53.5 Å². The number of benzene rings is 1. The number of pyridine rings is 1. The van der Waals surface area contributed by atoms with Gasteiger partial charge in [-0.3, -0.25) is 4.79 Å². The van der Waals surface area contributed by atoms with E-state index in [4.69, 9.17) is 10.5 Å². The second kappa shape index (κ2) is 6.75. The van der Waals surface area contributed by atoms with E-state index in [1.54, 1.807) is 22.9 Å². The minimum Gasteiger partial charge on any atom is -0.492 e. The van der Waals surface area contributed by atoms with E-state index in [9.17, 15) is 4.79 Å². The number of hydrogen-bond donors (Lipinski definition) is 1. The van der Waals surface area contributed by atoms with Gasteiger partial charge in [-0.15, -0.1) is 0 Å². The Morgan fingerprint density at radius 3 is 2.58 bits per heavy atom. The lowest BCUT2D eigenvalue weighted by atomic mass is 10.1. The van der Waals surface area contributed by atoms with Crippen LogP contribution in [0.1, 0.15) is 5.56 Å². The van der Waals surface area contributed by atoms with Crippen LogP contribution >= 0.6 is 0 Å². The molecule has 1 aromatic heterocycles. The zero-order valence-electron chi connectivity index (χ0n) is 10.8. The number of ether oxygens (including phenoxy) is 1. The fourth-order valence-electron chi connectivity index (χ4n) is 1.83. The van der Waals surface area contributed by atoms with Crippen molar-refractivity contribution >= 4 is 0 Å². The molecule has 4 heteroatoms. The van der Waals surface area contributed by atoms with Crippen LogP contribution in [0.3, 0.4) is 0 Å². The summed E-state index contributed by atoms with van der Waals surface area (Å²) >= 11 is 0. The van der Waals surface area contributed by atoms with Crippen molar-refractivity contribution in [2.45, 2.75) is 13.0 Å². The summed E-state index contributed by atoms with van der Waals surface area (Å²) in [7, 11) is 0. The van der Waals surface area contributed by atoms with Crippen LogP contribution in [0.4, 0.5) is 0 Å². The third-order valence-electron chi connectivity index (χ3n) is 2.86. The highest BCUT2D eigenvalue weighted by atomic mass is 16.5. The Bertz CT molecular complexity index is 561. The van der Waals surface area contributed by atoms with E-state index in [1.807, 2.05) is 30.3 Å². The Labute approximate surface area is 112 Å². The summed E-state index contributed by atoms with van der Waals surface area (Å²) in [4.78, 5) is 11.5. The molecule has 4 nitrogen and oxygen atoms in total. The van der Waals surface area contributed by atoms with Crippen LogP contribution in [0.5, 0.6) is 5.75 Å². The highest BCUT2D eigenvalue weighted by Gasteiger charge is 1.97. The van der Waals surface area contributed by atoms with E-state index in [2.05, 4.69) is 0 Å². The molecular formula is C15H18N2O2. The summed E-state index contributed by atoms with van der Waals surface area (Å²) in [5.41, 5.74) is 6.69. The molecular weight excluding hydrogens is 240 g/mol. The van der Waals surface area contributed by atoms with Crippen LogP contribution in [0.2, 0.25) is 0 Å². The highest BCUT2D eigenvalue weighted by Crippen LogP contribution is 2.12. The third kappa shape index (κ3) is 3.96. The summed E-state index contributed by atoms with van der Waals surface area (Å²) in [6.07, 6.45) is 2.63. The number of hydrogen-bond acceptors (Lipinski definition) is 3. The van der Waals surface area contributed by atoms with Gasteiger partial charge in [-0.25, -0.2) is 0 Å². The lowest BCUT2D eigenvalue weighted by molar-refractivity contribution is 0.296. The molecule has 0 saturated heterocycles. The first-order chi connectivity index (χ1) is 9.29. The molecule has 1 heterocycles. The van der Waals surface area contributed by atoms with Crippen LogP contribution in [-0.4, -0.2) is 17.7 Å². The third-order valence-corrected chi connectivity index (χ3v) is 2.86. The standard InChI is InChI=1S/C15H18N2O2/c16-9-8-13-4-6-14(7-5-13)19-12-11-17-10-2-1-3-15(17)18/h1-7,10H,8-9,11-12,16H2. The SMILES string of the molecule is NCCc1ccc(OCCn2ccccc2=O)cc1. The van der Waals surface area contributed by atoms with Gasteiger partial charge in [0, 0.05) is 12.3 Å². The monoisotopic (exact) mass is 258 g/mol. The number of nitrogens with zero attached hydrogens (tertiary/aromatic N) is 1. The second-order valence-electron chi connectivity index (χ2n) is 4.26. The molecule has 0 fully saturated rings. The fraction of sp³-hybridized carbons (Fsp3) is 0.267. The van der Waals surface area contributed by atoms with Crippen molar-refractivity contribution in [3.8, 4) is 5.75 Å². The molecule has 0 saturated carbocycles. The molecule has 0 radical (unpaired) electrons. The van der Waals surface area contributed by atoms with Crippen LogP contribution in [-0.2, 0) is 13.0 Å². The van der Waals surface area contributed by atoms with Gasteiger partial charge in [0.1, 0.15) is 12.4 Å². The maximum atomic E-state index is 11.5. The minimum absolute atomic E-state index is 0.00982. The van der Waals surface area contributed by atoms with Crippen molar-refractivity contribution < 1.29 is 4.74 Å². The van der Waals surface area contributed by atoms with Gasteiger partial charge in [0.15, 0.2) is 0 Å². The second-order valence-corrected chi connectivity index (χ2v) is 4.26. The Morgan fingerprint density at radius 1 is 1.11 bits per heavy atom. The highest BCUT2D eigenvalue weighted by molar-refractivity contribution is 5.27. The lowest BCUT2D eigenvalue weighted by Crippen LogP contribution is -2.21. The molecule has 1 aromatic carbocycles. The van der Waals surface area contributed by atoms with Crippen molar-refractivity contribution in [2.75, 3.05) is 13.2 Å². The zero-order chi connectivity index (χ0) is 13.5. The maximum Gasteiger partial charge on any atom is 0.250 e. The molecule has 100 valence electrons. The fourth-order valence-corrected chi connectivity index (χ4v) is 1.83. The summed E-state index contributed by atoms with van der Waals surface area (Å²) in [5, 5.41) is 0. The van der Waals surface area contributed by atoms with Crippen LogP contribution in [0.25, 0.3) is 0 Å². The zero-order valence-corrected chi connectivity index (χ0v) is 10.8. The van der Waals surface area contributed by atoms with E-state index in [0.717, 1.165) is 12.2 Å². The summed E-state index contributed by atoms with van der Waals surface area (Å²) < 4.78 is 7.23. The van der Waals surface area contributed by atoms with Gasteiger partial charge in [0.2, 0.25) is 0 Å². The summed E-state index contributed by atoms with van der Waals surface area (Å²) in [5.74, 6) is 0.810. The van der Waals surface area contributed by atoms with Crippen LogP contribution < -0.4 is 16.0 Å². The number of aromatic nitrogens is 1. The van der Waals surface area contributed by atoms with Crippen molar-refractivity contribution in [2.24, 2.45) is 5.73 Å². The summed E-state index contributed by atoms with van der Waals surface area (Å²) in [6, 6.07) is 13.0. The smallest absolute Gasteiger partial charge is 0.250 e. The van der Waals surface area contributed by atoms with Crippen LogP contribution in [0, 0.1) is 0 Å². The van der Waals surface area contributed by atoms with Gasteiger partial charge in [-0.05, 0) is 36.7 Å². The first kappa shape index (κ1) is 13.4. The lowest BCUT2D eigenvalue weighted by Gasteiger charge is -2.08. The molecule has 0 spiro atoms. The maximum absolute atomic E-state index is 11.5. The Hall–Kier alpha value is -2.07. The molecule has 19 heavy (non-hydrogen) atoms. The molecule has 2 N–H and O–H groups in total. The van der Waals surface area contributed by atoms with Crippen molar-refractivity contribution in [1.82, 2.24) is 4.57 Å². The molecule has 2 aromatic rings. The molecule has 0 aliphatic carbocycles. The number of nitrogens with two attached hydrogens (primary N) is 1.